The normalized spacial score (nSPS) is 11.9. The van der Waals surface area contributed by atoms with Gasteiger partial charge in [0.25, 0.3) is 0 Å². The lowest BCUT2D eigenvalue weighted by molar-refractivity contribution is 0.671. The van der Waals surface area contributed by atoms with E-state index >= 15 is 0 Å². The minimum Gasteiger partial charge on any atom is -0.454 e. The van der Waals surface area contributed by atoms with Crippen LogP contribution in [0.2, 0.25) is 0 Å². The van der Waals surface area contributed by atoms with Crippen molar-refractivity contribution >= 4 is 65.6 Å². The first kappa shape index (κ1) is 31.6. The fourth-order valence-corrected chi connectivity index (χ4v) is 9.01. The van der Waals surface area contributed by atoms with Crippen molar-refractivity contribution in [3.63, 3.8) is 0 Å². The standard InChI is InChI=1S/C53H33N3O/c1-4-16-34(17-5-1)37-32-43(35-18-6-2-7-19-35)54-44(33-37)36-28-30-39(31-29-36)55-45-25-13-10-22-40(45)48-49-42-24-12-15-27-47(42)57-53(49)52-50(51(48)55)41-23-11-14-26-46(41)56(52)38-20-8-3-9-21-38/h1-33H. The summed E-state index contributed by atoms with van der Waals surface area (Å²) in [5.74, 6) is 0. The number of aromatic nitrogens is 3. The molecule has 0 saturated heterocycles. The van der Waals surface area contributed by atoms with Gasteiger partial charge in [-0.3, -0.25) is 0 Å². The third-order valence-electron chi connectivity index (χ3n) is 11.5. The van der Waals surface area contributed by atoms with Crippen molar-refractivity contribution in [2.24, 2.45) is 0 Å². The zero-order chi connectivity index (χ0) is 37.5. The van der Waals surface area contributed by atoms with Crippen LogP contribution in [0.5, 0.6) is 0 Å². The Morgan fingerprint density at radius 3 is 1.51 bits per heavy atom. The van der Waals surface area contributed by atoms with Crippen LogP contribution in [0.25, 0.3) is 111 Å². The van der Waals surface area contributed by atoms with Crippen molar-refractivity contribution in [1.29, 1.82) is 0 Å². The number of rotatable bonds is 5. The van der Waals surface area contributed by atoms with Gasteiger partial charge in [-0.25, -0.2) is 4.98 Å². The van der Waals surface area contributed by atoms with Crippen LogP contribution in [0.1, 0.15) is 0 Å². The minimum atomic E-state index is 0.882. The average Bonchev–Trinajstić information content (AvgIpc) is 3.95. The maximum atomic E-state index is 6.94. The van der Waals surface area contributed by atoms with Crippen molar-refractivity contribution < 1.29 is 4.42 Å². The van der Waals surface area contributed by atoms with Crippen LogP contribution >= 0.6 is 0 Å². The molecular formula is C53H33N3O. The van der Waals surface area contributed by atoms with Gasteiger partial charge in [0, 0.05) is 54.8 Å². The van der Waals surface area contributed by atoms with Crippen molar-refractivity contribution in [3.8, 4) is 45.0 Å². The highest BCUT2D eigenvalue weighted by Gasteiger charge is 2.27. The Kier molecular flexibility index (Phi) is 6.89. The highest BCUT2D eigenvalue weighted by molar-refractivity contribution is 6.39. The van der Waals surface area contributed by atoms with E-state index in [0.717, 1.165) is 83.5 Å². The molecule has 0 bridgehead atoms. The van der Waals surface area contributed by atoms with Crippen LogP contribution in [0.3, 0.4) is 0 Å². The van der Waals surface area contributed by atoms with E-state index < -0.39 is 0 Å². The summed E-state index contributed by atoms with van der Waals surface area (Å²) in [6.07, 6.45) is 0. The highest BCUT2D eigenvalue weighted by atomic mass is 16.3. The summed E-state index contributed by atoms with van der Waals surface area (Å²) in [6.45, 7) is 0. The molecule has 266 valence electrons. The molecule has 0 N–H and O–H groups in total. The van der Waals surface area contributed by atoms with Crippen LogP contribution < -0.4 is 0 Å². The van der Waals surface area contributed by atoms with Crippen molar-refractivity contribution in [3.05, 3.63) is 200 Å². The first-order chi connectivity index (χ1) is 28.3. The Hall–Kier alpha value is -7.69. The van der Waals surface area contributed by atoms with E-state index in [1.165, 1.54) is 27.1 Å². The van der Waals surface area contributed by atoms with Gasteiger partial charge >= 0.3 is 0 Å². The molecule has 0 unspecified atom stereocenters. The Labute approximate surface area is 328 Å². The maximum absolute atomic E-state index is 6.94. The number of furan rings is 1. The minimum absolute atomic E-state index is 0.882. The van der Waals surface area contributed by atoms with Crippen LogP contribution in [-0.2, 0) is 0 Å². The molecule has 0 saturated carbocycles. The van der Waals surface area contributed by atoms with Crippen molar-refractivity contribution in [2.75, 3.05) is 0 Å². The Morgan fingerprint density at radius 1 is 0.351 bits per heavy atom. The van der Waals surface area contributed by atoms with Gasteiger partial charge in [-0.2, -0.15) is 0 Å². The van der Waals surface area contributed by atoms with Crippen molar-refractivity contribution in [1.82, 2.24) is 14.1 Å². The van der Waals surface area contributed by atoms with E-state index in [1.54, 1.807) is 0 Å². The zero-order valence-electron chi connectivity index (χ0n) is 30.8. The Balaban J connectivity index is 1.17. The summed E-state index contributed by atoms with van der Waals surface area (Å²) >= 11 is 0. The molecule has 8 aromatic carbocycles. The Morgan fingerprint density at radius 2 is 0.842 bits per heavy atom. The molecule has 0 aliphatic heterocycles. The molecule has 0 radical (unpaired) electrons. The summed E-state index contributed by atoms with van der Waals surface area (Å²) in [7, 11) is 0. The van der Waals surface area contributed by atoms with Gasteiger partial charge in [0.15, 0.2) is 5.58 Å². The third kappa shape index (κ3) is 4.77. The summed E-state index contributed by atoms with van der Waals surface area (Å²) in [5, 5.41) is 6.98. The largest absolute Gasteiger partial charge is 0.454 e. The number of nitrogens with zero attached hydrogens (tertiary/aromatic N) is 3. The summed E-state index contributed by atoms with van der Waals surface area (Å²) in [6, 6.07) is 71.0. The molecule has 4 aromatic heterocycles. The highest BCUT2D eigenvalue weighted by Crippen LogP contribution is 2.49. The number of benzene rings is 8. The first-order valence-electron chi connectivity index (χ1n) is 19.4. The van der Waals surface area contributed by atoms with E-state index in [9.17, 15) is 0 Å². The summed E-state index contributed by atoms with van der Waals surface area (Å²) in [4.78, 5) is 5.24. The number of para-hydroxylation sites is 4. The molecule has 0 amide bonds. The quantitative estimate of drug-likeness (QED) is 0.177. The smallest absolute Gasteiger partial charge is 0.160 e. The van der Waals surface area contributed by atoms with E-state index in [-0.39, 0.29) is 0 Å². The van der Waals surface area contributed by atoms with Crippen LogP contribution in [0.15, 0.2) is 205 Å². The summed E-state index contributed by atoms with van der Waals surface area (Å²) in [5.41, 5.74) is 14.8. The molecule has 4 heterocycles. The molecule has 0 fully saturated rings. The SMILES string of the molecule is c1ccc(-c2cc(-c3ccccc3)nc(-c3ccc(-n4c5ccccc5c5c6c7ccccc7oc6c6c(c7ccccc7n6-c6ccccc6)c54)cc3)c2)cc1. The molecule has 57 heavy (non-hydrogen) atoms. The van der Waals surface area contributed by atoms with E-state index in [1.807, 2.05) is 6.07 Å². The van der Waals surface area contributed by atoms with Gasteiger partial charge in [-0.15, -0.1) is 0 Å². The molecule has 12 rings (SSSR count). The van der Waals surface area contributed by atoms with Gasteiger partial charge in [0.1, 0.15) is 5.58 Å². The second-order valence-corrected chi connectivity index (χ2v) is 14.7. The monoisotopic (exact) mass is 727 g/mol. The molecule has 4 nitrogen and oxygen atoms in total. The lowest BCUT2D eigenvalue weighted by Crippen LogP contribution is -1.96. The molecule has 0 atom stereocenters. The molecule has 4 heteroatoms. The third-order valence-corrected chi connectivity index (χ3v) is 11.5. The Bertz CT molecular complexity index is 3430. The number of pyridine rings is 1. The van der Waals surface area contributed by atoms with Gasteiger partial charge in [-0.05, 0) is 65.7 Å². The fraction of sp³-hybridized carbons (Fsp3) is 0. The van der Waals surface area contributed by atoms with Crippen LogP contribution in [0, 0.1) is 0 Å². The predicted molar refractivity (Wildman–Crippen MR) is 237 cm³/mol. The predicted octanol–water partition coefficient (Wildman–Crippen LogP) is 14.2. The second kappa shape index (κ2) is 12.4. The second-order valence-electron chi connectivity index (χ2n) is 14.7. The summed E-state index contributed by atoms with van der Waals surface area (Å²) < 4.78 is 11.8. The number of hydrogen-bond donors (Lipinski definition) is 0. The first-order valence-corrected chi connectivity index (χ1v) is 19.4. The molecule has 0 aliphatic rings. The topological polar surface area (TPSA) is 35.9 Å². The van der Waals surface area contributed by atoms with Crippen LogP contribution in [0.4, 0.5) is 0 Å². The lowest BCUT2D eigenvalue weighted by atomic mass is 10.00. The lowest BCUT2D eigenvalue weighted by Gasteiger charge is -2.13. The van der Waals surface area contributed by atoms with Gasteiger partial charge in [0.2, 0.25) is 0 Å². The van der Waals surface area contributed by atoms with E-state index in [0.29, 0.717) is 0 Å². The average molecular weight is 728 g/mol. The molecule has 0 spiro atoms. The number of fused-ring (bicyclic) bond motifs is 12. The van der Waals surface area contributed by atoms with Crippen molar-refractivity contribution in [2.45, 2.75) is 0 Å². The molecular weight excluding hydrogens is 695 g/mol. The molecule has 0 aliphatic carbocycles. The maximum Gasteiger partial charge on any atom is 0.160 e. The van der Waals surface area contributed by atoms with Gasteiger partial charge in [-0.1, -0.05) is 146 Å². The molecule has 12 aromatic rings. The number of hydrogen-bond acceptors (Lipinski definition) is 2. The van der Waals surface area contributed by atoms with Gasteiger partial charge in [0.05, 0.1) is 33.5 Å². The zero-order valence-corrected chi connectivity index (χ0v) is 30.8. The van der Waals surface area contributed by atoms with E-state index in [4.69, 9.17) is 9.40 Å². The van der Waals surface area contributed by atoms with E-state index in [2.05, 4.69) is 203 Å². The fourth-order valence-electron chi connectivity index (χ4n) is 9.01. The van der Waals surface area contributed by atoms with Gasteiger partial charge < -0.3 is 13.6 Å². The van der Waals surface area contributed by atoms with Crippen LogP contribution in [-0.4, -0.2) is 14.1 Å².